The highest BCUT2D eigenvalue weighted by Gasteiger charge is 2.33. The molecule has 3 aromatic rings. The number of para-hydroxylation sites is 1. The summed E-state index contributed by atoms with van der Waals surface area (Å²) in [4.78, 5) is 21.5. The van der Waals surface area contributed by atoms with Gasteiger partial charge in [-0.25, -0.2) is 9.97 Å². The standard InChI is InChI=1S/C29H42N4O3S/c1-5-7-8-9-10-11-12-13-14-18-21-36-27-25-24(32-33(27)23-19-16-15-17-20-23)26(31-22-30-25)37-29(3,4)28(34)35-6-2/h15-17,19-20,22H,5-14,18,21H2,1-4H3. The second-order valence-corrected chi connectivity index (χ2v) is 11.4. The number of fused-ring (bicyclic) bond motifs is 1. The topological polar surface area (TPSA) is 79.1 Å². The van der Waals surface area contributed by atoms with Gasteiger partial charge < -0.3 is 9.47 Å². The van der Waals surface area contributed by atoms with E-state index in [1.807, 2.05) is 44.2 Å². The molecule has 0 spiro atoms. The molecule has 0 aliphatic heterocycles. The Bertz CT molecular complexity index is 1100. The van der Waals surface area contributed by atoms with E-state index in [0.717, 1.165) is 18.5 Å². The summed E-state index contributed by atoms with van der Waals surface area (Å²) < 4.78 is 12.5. The maximum atomic E-state index is 12.5. The predicted octanol–water partition coefficient (Wildman–Crippen LogP) is 7.55. The fraction of sp³-hybridized carbons (Fsp3) is 0.586. The lowest BCUT2D eigenvalue weighted by Gasteiger charge is -2.20. The summed E-state index contributed by atoms with van der Waals surface area (Å²) in [5.41, 5.74) is 2.15. The van der Waals surface area contributed by atoms with Crippen LogP contribution in [0, 0.1) is 0 Å². The highest BCUT2D eigenvalue weighted by Crippen LogP contribution is 2.38. The predicted molar refractivity (Wildman–Crippen MR) is 151 cm³/mol. The van der Waals surface area contributed by atoms with Gasteiger partial charge in [-0.15, -0.1) is 0 Å². The van der Waals surface area contributed by atoms with Crippen LogP contribution in [0.2, 0.25) is 0 Å². The van der Waals surface area contributed by atoms with E-state index in [1.54, 1.807) is 11.6 Å². The first-order chi connectivity index (χ1) is 18.0. The third-order valence-corrected chi connectivity index (χ3v) is 7.41. The van der Waals surface area contributed by atoms with Crippen molar-refractivity contribution < 1.29 is 14.3 Å². The lowest BCUT2D eigenvalue weighted by atomic mass is 10.1. The molecule has 0 radical (unpaired) electrons. The van der Waals surface area contributed by atoms with E-state index in [4.69, 9.17) is 14.6 Å². The van der Waals surface area contributed by atoms with Crippen molar-refractivity contribution in [2.24, 2.45) is 0 Å². The molecule has 3 rings (SSSR count). The van der Waals surface area contributed by atoms with Crippen LogP contribution < -0.4 is 4.74 Å². The molecule has 0 N–H and O–H groups in total. The summed E-state index contributed by atoms with van der Waals surface area (Å²) in [5, 5.41) is 5.46. The highest BCUT2D eigenvalue weighted by atomic mass is 32.2. The number of rotatable bonds is 17. The Morgan fingerprint density at radius 2 is 1.54 bits per heavy atom. The third kappa shape index (κ3) is 8.45. The first kappa shape index (κ1) is 29.0. The minimum Gasteiger partial charge on any atom is -0.476 e. The Balaban J connectivity index is 1.68. The average molecular weight is 527 g/mol. The second kappa shape index (κ2) is 15.0. The van der Waals surface area contributed by atoms with Gasteiger partial charge in [0.2, 0.25) is 5.88 Å². The van der Waals surface area contributed by atoms with Crippen molar-refractivity contribution in [2.45, 2.75) is 102 Å². The number of hydrogen-bond donors (Lipinski definition) is 0. The van der Waals surface area contributed by atoms with Crippen LogP contribution in [0.25, 0.3) is 16.7 Å². The molecule has 37 heavy (non-hydrogen) atoms. The van der Waals surface area contributed by atoms with E-state index >= 15 is 0 Å². The van der Waals surface area contributed by atoms with Gasteiger partial charge in [-0.05, 0) is 39.3 Å². The number of ether oxygens (including phenoxy) is 2. The van der Waals surface area contributed by atoms with Crippen molar-refractivity contribution in [3.05, 3.63) is 36.7 Å². The third-order valence-electron chi connectivity index (χ3n) is 6.24. The zero-order valence-corrected chi connectivity index (χ0v) is 23.7. The minimum absolute atomic E-state index is 0.285. The number of esters is 1. The molecule has 0 atom stereocenters. The number of nitrogens with zero attached hydrogens (tertiary/aromatic N) is 4. The van der Waals surface area contributed by atoms with Crippen LogP contribution in [0.4, 0.5) is 0 Å². The van der Waals surface area contributed by atoms with E-state index in [9.17, 15) is 4.79 Å². The monoisotopic (exact) mass is 526 g/mol. The van der Waals surface area contributed by atoms with Crippen LogP contribution in [0.15, 0.2) is 41.7 Å². The Kier molecular flexibility index (Phi) is 11.7. The van der Waals surface area contributed by atoms with Gasteiger partial charge in [0.15, 0.2) is 5.52 Å². The minimum atomic E-state index is -0.815. The van der Waals surface area contributed by atoms with Gasteiger partial charge in [0.05, 0.1) is 18.9 Å². The fourth-order valence-electron chi connectivity index (χ4n) is 4.15. The Morgan fingerprint density at radius 3 is 2.19 bits per heavy atom. The zero-order valence-electron chi connectivity index (χ0n) is 22.9. The summed E-state index contributed by atoms with van der Waals surface area (Å²) >= 11 is 1.33. The summed E-state index contributed by atoms with van der Waals surface area (Å²) in [5.74, 6) is 0.321. The molecule has 2 aromatic heterocycles. The van der Waals surface area contributed by atoms with Crippen molar-refractivity contribution in [2.75, 3.05) is 13.2 Å². The molecular formula is C29H42N4O3S. The van der Waals surface area contributed by atoms with Crippen LogP contribution in [-0.4, -0.2) is 43.7 Å². The first-order valence-corrected chi connectivity index (χ1v) is 14.6. The van der Waals surface area contributed by atoms with Gasteiger partial charge in [-0.2, -0.15) is 9.78 Å². The smallest absolute Gasteiger partial charge is 0.322 e. The molecule has 0 aliphatic carbocycles. The molecule has 0 amide bonds. The molecule has 2 heterocycles. The summed E-state index contributed by atoms with van der Waals surface area (Å²) in [6.45, 7) is 8.67. The van der Waals surface area contributed by atoms with Crippen LogP contribution in [0.3, 0.4) is 0 Å². The van der Waals surface area contributed by atoms with Crippen molar-refractivity contribution in [1.82, 2.24) is 19.7 Å². The quantitative estimate of drug-likeness (QED) is 0.0777. The summed E-state index contributed by atoms with van der Waals surface area (Å²) in [6, 6.07) is 9.89. The SMILES string of the molecule is CCCCCCCCCCCCOc1c2ncnc(SC(C)(C)C(=O)OCC)c2nn1-c1ccccc1. The van der Waals surface area contributed by atoms with E-state index in [2.05, 4.69) is 16.9 Å². The number of aromatic nitrogens is 4. The highest BCUT2D eigenvalue weighted by molar-refractivity contribution is 8.01. The molecule has 0 aliphatic rings. The number of hydrogen-bond acceptors (Lipinski definition) is 7. The molecule has 0 unspecified atom stereocenters. The number of carbonyl (C=O) groups excluding carboxylic acids is 1. The molecule has 0 saturated carbocycles. The van der Waals surface area contributed by atoms with E-state index in [1.165, 1.54) is 69.5 Å². The van der Waals surface area contributed by atoms with Crippen molar-refractivity contribution in [3.63, 3.8) is 0 Å². The maximum Gasteiger partial charge on any atom is 0.322 e. The normalized spacial score (nSPS) is 11.7. The average Bonchev–Trinajstić information content (AvgIpc) is 3.27. The molecule has 0 fully saturated rings. The van der Waals surface area contributed by atoms with Crippen LogP contribution in [0.5, 0.6) is 5.88 Å². The maximum absolute atomic E-state index is 12.5. The molecule has 8 heteroatoms. The number of benzene rings is 1. The number of unbranched alkanes of at least 4 members (excludes halogenated alkanes) is 9. The Labute approximate surface area is 225 Å². The fourth-order valence-corrected chi connectivity index (χ4v) is 5.11. The molecule has 1 aromatic carbocycles. The molecular weight excluding hydrogens is 484 g/mol. The Morgan fingerprint density at radius 1 is 0.892 bits per heavy atom. The van der Waals surface area contributed by atoms with Gasteiger partial charge in [0.1, 0.15) is 21.6 Å². The lowest BCUT2D eigenvalue weighted by Crippen LogP contribution is -2.30. The van der Waals surface area contributed by atoms with Gasteiger partial charge in [0.25, 0.3) is 0 Å². The second-order valence-electron chi connectivity index (χ2n) is 9.79. The first-order valence-electron chi connectivity index (χ1n) is 13.8. The zero-order chi connectivity index (χ0) is 26.5. The largest absolute Gasteiger partial charge is 0.476 e. The van der Waals surface area contributed by atoms with E-state index in [0.29, 0.717) is 35.2 Å². The van der Waals surface area contributed by atoms with E-state index in [-0.39, 0.29) is 5.97 Å². The van der Waals surface area contributed by atoms with Crippen LogP contribution in [0.1, 0.15) is 91.9 Å². The van der Waals surface area contributed by atoms with Gasteiger partial charge in [0, 0.05) is 0 Å². The van der Waals surface area contributed by atoms with Crippen LogP contribution in [-0.2, 0) is 9.53 Å². The summed E-state index contributed by atoms with van der Waals surface area (Å²) in [6.07, 6.45) is 14.3. The lowest BCUT2D eigenvalue weighted by molar-refractivity contribution is -0.145. The van der Waals surface area contributed by atoms with Crippen molar-refractivity contribution >= 4 is 28.8 Å². The van der Waals surface area contributed by atoms with Crippen LogP contribution >= 0.6 is 11.8 Å². The van der Waals surface area contributed by atoms with E-state index < -0.39 is 4.75 Å². The number of thioether (sulfide) groups is 1. The molecule has 0 bridgehead atoms. The van der Waals surface area contributed by atoms with Crippen molar-refractivity contribution in [1.29, 1.82) is 0 Å². The summed E-state index contributed by atoms with van der Waals surface area (Å²) in [7, 11) is 0. The van der Waals surface area contributed by atoms with Gasteiger partial charge in [-0.3, -0.25) is 4.79 Å². The van der Waals surface area contributed by atoms with Gasteiger partial charge >= 0.3 is 5.97 Å². The molecule has 0 saturated heterocycles. The van der Waals surface area contributed by atoms with Crippen molar-refractivity contribution in [3.8, 4) is 11.6 Å². The molecule has 202 valence electrons. The van der Waals surface area contributed by atoms with Gasteiger partial charge in [-0.1, -0.05) is 94.7 Å². The molecule has 7 nitrogen and oxygen atoms in total. The Hall–Kier alpha value is -2.61. The number of carbonyl (C=O) groups is 1.